The number of hydrogen-bond donors (Lipinski definition) is 2. The Morgan fingerprint density at radius 3 is 2.96 bits per heavy atom. The standard InChI is InChI=1S/C20H23N3O2S/c1-14-11-15-5-2-3-6-17(15)23(14)10-4-9-21-20(26)22-16-7-8-18-19(12-16)25-13-24-18/h2-3,5-8,12,14H,4,9-11,13H2,1H3,(H2,21,22,26)/t14-/m1/s1. The van der Waals surface area contributed by atoms with Gasteiger partial charge < -0.3 is 25.0 Å². The van der Waals surface area contributed by atoms with Crippen LogP contribution in [0.15, 0.2) is 42.5 Å². The number of nitrogens with zero attached hydrogens (tertiary/aromatic N) is 1. The highest BCUT2D eigenvalue weighted by atomic mass is 32.1. The number of hydrogen-bond acceptors (Lipinski definition) is 4. The average molecular weight is 369 g/mol. The van der Waals surface area contributed by atoms with Gasteiger partial charge in [-0.15, -0.1) is 0 Å². The number of nitrogens with one attached hydrogen (secondary N) is 2. The molecule has 0 unspecified atom stereocenters. The molecule has 0 saturated heterocycles. The summed E-state index contributed by atoms with van der Waals surface area (Å²) in [6, 6.07) is 15.0. The van der Waals surface area contributed by atoms with E-state index in [1.165, 1.54) is 11.3 Å². The normalized spacial score (nSPS) is 17.1. The highest BCUT2D eigenvalue weighted by molar-refractivity contribution is 7.80. The first-order valence-electron chi connectivity index (χ1n) is 9.00. The summed E-state index contributed by atoms with van der Waals surface area (Å²) in [6.45, 7) is 4.43. The van der Waals surface area contributed by atoms with Gasteiger partial charge in [0.1, 0.15) is 0 Å². The monoisotopic (exact) mass is 369 g/mol. The van der Waals surface area contributed by atoms with Gasteiger partial charge in [0.15, 0.2) is 16.6 Å². The first-order chi connectivity index (χ1) is 12.7. The lowest BCUT2D eigenvalue weighted by molar-refractivity contribution is 0.174. The zero-order chi connectivity index (χ0) is 17.9. The third kappa shape index (κ3) is 3.55. The molecule has 2 N–H and O–H groups in total. The van der Waals surface area contributed by atoms with E-state index >= 15 is 0 Å². The molecule has 2 aliphatic heterocycles. The molecule has 4 rings (SSSR count). The van der Waals surface area contributed by atoms with Gasteiger partial charge in [0.05, 0.1) is 0 Å². The molecule has 1 atom stereocenters. The van der Waals surface area contributed by atoms with Crippen LogP contribution in [-0.4, -0.2) is 31.0 Å². The summed E-state index contributed by atoms with van der Waals surface area (Å²) in [7, 11) is 0. The molecule has 2 aromatic rings. The Hall–Kier alpha value is -2.47. The Bertz CT molecular complexity index is 811. The van der Waals surface area contributed by atoms with Crippen LogP contribution >= 0.6 is 12.2 Å². The predicted molar refractivity (Wildman–Crippen MR) is 108 cm³/mol. The first-order valence-corrected chi connectivity index (χ1v) is 9.40. The highest BCUT2D eigenvalue weighted by Gasteiger charge is 2.24. The van der Waals surface area contributed by atoms with Gasteiger partial charge in [-0.1, -0.05) is 18.2 Å². The summed E-state index contributed by atoms with van der Waals surface area (Å²) >= 11 is 5.39. The van der Waals surface area contributed by atoms with Crippen molar-refractivity contribution in [2.75, 3.05) is 30.1 Å². The summed E-state index contributed by atoms with van der Waals surface area (Å²) in [4.78, 5) is 2.49. The minimum Gasteiger partial charge on any atom is -0.454 e. The van der Waals surface area contributed by atoms with Crippen LogP contribution in [0.25, 0.3) is 0 Å². The Kier molecular flexibility index (Phi) is 4.84. The van der Waals surface area contributed by atoms with E-state index in [0.29, 0.717) is 11.2 Å². The number of para-hydroxylation sites is 1. The largest absolute Gasteiger partial charge is 0.454 e. The van der Waals surface area contributed by atoms with E-state index < -0.39 is 0 Å². The van der Waals surface area contributed by atoms with Gasteiger partial charge in [-0.2, -0.15) is 0 Å². The average Bonchev–Trinajstić information content (AvgIpc) is 3.22. The van der Waals surface area contributed by atoms with Crippen molar-refractivity contribution in [3.05, 3.63) is 48.0 Å². The van der Waals surface area contributed by atoms with Crippen molar-refractivity contribution < 1.29 is 9.47 Å². The number of rotatable bonds is 5. The topological polar surface area (TPSA) is 45.8 Å². The maximum atomic E-state index is 5.39. The minimum absolute atomic E-state index is 0.277. The minimum atomic E-state index is 0.277. The van der Waals surface area contributed by atoms with E-state index in [9.17, 15) is 0 Å². The van der Waals surface area contributed by atoms with Crippen LogP contribution in [0.5, 0.6) is 11.5 Å². The molecule has 0 bridgehead atoms. The molecule has 0 aromatic heterocycles. The fraction of sp³-hybridized carbons (Fsp3) is 0.350. The lowest BCUT2D eigenvalue weighted by Gasteiger charge is -2.25. The lowest BCUT2D eigenvalue weighted by atomic mass is 10.1. The molecule has 136 valence electrons. The zero-order valence-corrected chi connectivity index (χ0v) is 15.6. The third-order valence-electron chi connectivity index (χ3n) is 4.84. The molecule has 0 fully saturated rings. The summed E-state index contributed by atoms with van der Waals surface area (Å²) in [5, 5.41) is 7.10. The quantitative estimate of drug-likeness (QED) is 0.621. The predicted octanol–water partition coefficient (Wildman–Crippen LogP) is 3.54. The van der Waals surface area contributed by atoms with Crippen LogP contribution in [-0.2, 0) is 6.42 Å². The summed E-state index contributed by atoms with van der Waals surface area (Å²) in [6.07, 6.45) is 2.16. The van der Waals surface area contributed by atoms with Gasteiger partial charge >= 0.3 is 0 Å². The Balaban J connectivity index is 1.23. The van der Waals surface area contributed by atoms with Crippen LogP contribution in [0.3, 0.4) is 0 Å². The Labute approximate surface area is 159 Å². The summed E-state index contributed by atoms with van der Waals surface area (Å²) in [5.41, 5.74) is 3.72. The van der Waals surface area contributed by atoms with Crippen molar-refractivity contribution in [2.45, 2.75) is 25.8 Å². The van der Waals surface area contributed by atoms with Gasteiger partial charge in [0, 0.05) is 36.6 Å². The van der Waals surface area contributed by atoms with Crippen molar-refractivity contribution >= 4 is 28.7 Å². The van der Waals surface area contributed by atoms with E-state index in [1.54, 1.807) is 0 Å². The fourth-order valence-electron chi connectivity index (χ4n) is 3.57. The highest BCUT2D eigenvalue weighted by Crippen LogP contribution is 2.34. The first kappa shape index (κ1) is 17.0. The fourth-order valence-corrected chi connectivity index (χ4v) is 3.79. The van der Waals surface area contributed by atoms with Gasteiger partial charge in [-0.05, 0) is 55.7 Å². The van der Waals surface area contributed by atoms with Crippen LogP contribution in [0, 0.1) is 0 Å². The van der Waals surface area contributed by atoms with E-state index in [-0.39, 0.29) is 6.79 Å². The van der Waals surface area contributed by atoms with Gasteiger partial charge in [0.2, 0.25) is 6.79 Å². The Morgan fingerprint density at radius 1 is 1.19 bits per heavy atom. The van der Waals surface area contributed by atoms with Crippen molar-refractivity contribution in [1.82, 2.24) is 5.32 Å². The molecule has 6 heteroatoms. The molecule has 2 aromatic carbocycles. The second kappa shape index (κ2) is 7.41. The van der Waals surface area contributed by atoms with Crippen molar-refractivity contribution in [1.29, 1.82) is 0 Å². The van der Waals surface area contributed by atoms with Crippen molar-refractivity contribution in [3.63, 3.8) is 0 Å². The van der Waals surface area contributed by atoms with E-state index in [2.05, 4.69) is 46.7 Å². The lowest BCUT2D eigenvalue weighted by Crippen LogP contribution is -2.34. The summed E-state index contributed by atoms with van der Waals surface area (Å²) < 4.78 is 10.7. The molecule has 2 heterocycles. The summed E-state index contributed by atoms with van der Waals surface area (Å²) in [5.74, 6) is 1.52. The molecule has 5 nitrogen and oxygen atoms in total. The van der Waals surface area contributed by atoms with Crippen molar-refractivity contribution in [3.8, 4) is 11.5 Å². The maximum absolute atomic E-state index is 5.39. The smallest absolute Gasteiger partial charge is 0.231 e. The molecule has 2 aliphatic rings. The number of ether oxygens (including phenoxy) is 2. The molecular formula is C20H23N3O2S. The molecular weight excluding hydrogens is 346 g/mol. The SMILES string of the molecule is C[C@@H]1Cc2ccccc2N1CCCNC(=S)Nc1ccc2c(c1)OCO2. The zero-order valence-electron chi connectivity index (χ0n) is 14.8. The second-order valence-electron chi connectivity index (χ2n) is 6.68. The number of benzene rings is 2. The Morgan fingerprint density at radius 2 is 2.04 bits per heavy atom. The molecule has 0 radical (unpaired) electrons. The van der Waals surface area contributed by atoms with Gasteiger partial charge in [-0.3, -0.25) is 0 Å². The molecule has 0 amide bonds. The number of anilines is 2. The van der Waals surface area contributed by atoms with Crippen LogP contribution in [0.1, 0.15) is 18.9 Å². The molecule has 0 aliphatic carbocycles. The maximum Gasteiger partial charge on any atom is 0.231 e. The number of fused-ring (bicyclic) bond motifs is 2. The van der Waals surface area contributed by atoms with Crippen LogP contribution in [0.2, 0.25) is 0 Å². The van der Waals surface area contributed by atoms with Crippen LogP contribution < -0.4 is 25.0 Å². The van der Waals surface area contributed by atoms with Gasteiger partial charge in [-0.25, -0.2) is 0 Å². The third-order valence-corrected chi connectivity index (χ3v) is 5.09. The van der Waals surface area contributed by atoms with E-state index in [0.717, 1.165) is 43.1 Å². The van der Waals surface area contributed by atoms with E-state index in [4.69, 9.17) is 21.7 Å². The molecule has 26 heavy (non-hydrogen) atoms. The van der Waals surface area contributed by atoms with Gasteiger partial charge in [0.25, 0.3) is 0 Å². The van der Waals surface area contributed by atoms with Crippen molar-refractivity contribution in [2.24, 2.45) is 0 Å². The second-order valence-corrected chi connectivity index (χ2v) is 7.09. The molecule has 0 saturated carbocycles. The van der Waals surface area contributed by atoms with Crippen LogP contribution in [0.4, 0.5) is 11.4 Å². The number of thiocarbonyl (C=S) groups is 1. The molecule has 0 spiro atoms. The van der Waals surface area contributed by atoms with E-state index in [1.807, 2.05) is 18.2 Å².